The van der Waals surface area contributed by atoms with Crippen LogP contribution in [-0.4, -0.2) is 14.5 Å². The summed E-state index contributed by atoms with van der Waals surface area (Å²) in [6.07, 6.45) is 1.79. The number of hydrogen-bond acceptors (Lipinski definition) is 2. The number of nitrogens with zero attached hydrogens (tertiary/aromatic N) is 3. The minimum Gasteiger partial charge on any atom is -0.309 e. The molecular weight excluding hydrogens is 701 g/mol. The molecule has 0 amide bonds. The molecule has 0 aliphatic heterocycles. The van der Waals surface area contributed by atoms with Crippen molar-refractivity contribution in [1.82, 2.24) is 14.5 Å². The number of para-hydroxylation sites is 2. The molecule has 0 spiro atoms. The molecule has 2 heterocycles. The summed E-state index contributed by atoms with van der Waals surface area (Å²) in [6, 6.07) is 59.8. The van der Waals surface area contributed by atoms with Crippen LogP contribution in [0, 0.1) is 0 Å². The molecule has 2 aromatic heterocycles. The Labute approximate surface area is 324 Å². The summed E-state index contributed by atoms with van der Waals surface area (Å²) in [5, 5.41) is 3.85. The molecule has 0 radical (unpaired) electrons. The smallest absolute Gasteiger partial charge is 0.137 e. The second kappa shape index (κ2) is 13.4. The van der Waals surface area contributed by atoms with Gasteiger partial charge in [0.1, 0.15) is 5.82 Å². The molecule has 1 unspecified atom stereocenters. The van der Waals surface area contributed by atoms with Crippen LogP contribution in [0.25, 0.3) is 72.3 Å². The standard InChI is InChI=1S/C49H33Cl2N3/c50-36-21-14-32(15-22-36)45-30-46(33-16-23-37(51)24-17-33)53-49(52-45)42-26-18-31-8-4-5-11-39(31)40-25-19-34(28-43(40)42)35-20-27-48-44(29-35)41-12-6-7-13-47(41)54(48)38-9-2-1-3-10-38/h1-17,19-25,27-30,42H,18,26H2. The predicted molar refractivity (Wildman–Crippen MR) is 225 cm³/mol. The average Bonchev–Trinajstić information content (AvgIpc) is 3.45. The first-order valence-corrected chi connectivity index (χ1v) is 19.0. The highest BCUT2D eigenvalue weighted by atomic mass is 35.5. The third-order valence-corrected chi connectivity index (χ3v) is 11.3. The lowest BCUT2D eigenvalue weighted by Crippen LogP contribution is -2.09. The van der Waals surface area contributed by atoms with Crippen molar-refractivity contribution in [3.63, 3.8) is 0 Å². The van der Waals surface area contributed by atoms with Gasteiger partial charge in [0.05, 0.1) is 22.4 Å². The van der Waals surface area contributed by atoms with Crippen molar-refractivity contribution in [3.8, 4) is 50.5 Å². The molecule has 1 atom stereocenters. The Hall–Kier alpha value is -6.00. The van der Waals surface area contributed by atoms with Gasteiger partial charge in [0.25, 0.3) is 0 Å². The number of benzene rings is 7. The highest BCUT2D eigenvalue weighted by molar-refractivity contribution is 6.31. The van der Waals surface area contributed by atoms with Gasteiger partial charge in [-0.25, -0.2) is 9.97 Å². The minimum absolute atomic E-state index is 0.0469. The molecule has 1 aliphatic rings. The lowest BCUT2D eigenvalue weighted by Gasteiger charge is -2.20. The van der Waals surface area contributed by atoms with Gasteiger partial charge in [-0.3, -0.25) is 0 Å². The van der Waals surface area contributed by atoms with E-state index >= 15 is 0 Å². The van der Waals surface area contributed by atoms with Crippen molar-refractivity contribution < 1.29 is 0 Å². The molecule has 5 heteroatoms. The third kappa shape index (κ3) is 5.78. The average molecular weight is 735 g/mol. The van der Waals surface area contributed by atoms with E-state index in [9.17, 15) is 0 Å². The summed E-state index contributed by atoms with van der Waals surface area (Å²) in [5.74, 6) is 0.759. The number of hydrogen-bond donors (Lipinski definition) is 0. The Morgan fingerprint density at radius 3 is 1.81 bits per heavy atom. The lowest BCUT2D eigenvalue weighted by atomic mass is 9.87. The summed E-state index contributed by atoms with van der Waals surface area (Å²) in [6.45, 7) is 0. The van der Waals surface area contributed by atoms with E-state index in [1.807, 2.05) is 48.5 Å². The van der Waals surface area contributed by atoms with Gasteiger partial charge in [0.15, 0.2) is 0 Å². The Kier molecular flexibility index (Phi) is 8.13. The number of rotatable bonds is 5. The predicted octanol–water partition coefficient (Wildman–Crippen LogP) is 13.6. The zero-order valence-corrected chi connectivity index (χ0v) is 30.8. The number of fused-ring (bicyclic) bond motifs is 6. The summed E-state index contributed by atoms with van der Waals surface area (Å²) >= 11 is 12.6. The molecule has 3 nitrogen and oxygen atoms in total. The van der Waals surface area contributed by atoms with Crippen LogP contribution in [0.15, 0.2) is 170 Å². The van der Waals surface area contributed by atoms with Gasteiger partial charge in [-0.05, 0) is 113 Å². The number of halogens is 2. The van der Waals surface area contributed by atoms with Crippen LogP contribution >= 0.6 is 23.2 Å². The molecule has 0 saturated heterocycles. The van der Waals surface area contributed by atoms with E-state index in [2.05, 4.69) is 126 Å². The maximum absolute atomic E-state index is 6.32. The highest BCUT2D eigenvalue weighted by Crippen LogP contribution is 2.44. The van der Waals surface area contributed by atoms with Crippen molar-refractivity contribution in [2.24, 2.45) is 0 Å². The van der Waals surface area contributed by atoms with E-state index < -0.39 is 0 Å². The van der Waals surface area contributed by atoms with Gasteiger partial charge < -0.3 is 4.57 Å². The van der Waals surface area contributed by atoms with Gasteiger partial charge in [-0.2, -0.15) is 0 Å². The van der Waals surface area contributed by atoms with Gasteiger partial charge in [0.2, 0.25) is 0 Å². The second-order valence-electron chi connectivity index (χ2n) is 14.0. The molecule has 0 N–H and O–H groups in total. The summed E-state index contributed by atoms with van der Waals surface area (Å²) in [7, 11) is 0. The number of aromatic nitrogens is 3. The lowest BCUT2D eigenvalue weighted by molar-refractivity contribution is 0.682. The van der Waals surface area contributed by atoms with E-state index in [1.165, 1.54) is 55.2 Å². The highest BCUT2D eigenvalue weighted by Gasteiger charge is 2.27. The van der Waals surface area contributed by atoms with Gasteiger partial charge in [0, 0.05) is 43.5 Å². The fraction of sp³-hybridized carbons (Fsp3) is 0.0612. The van der Waals surface area contributed by atoms with Crippen molar-refractivity contribution in [1.29, 1.82) is 0 Å². The monoisotopic (exact) mass is 733 g/mol. The third-order valence-electron chi connectivity index (χ3n) is 10.8. The van der Waals surface area contributed by atoms with Crippen molar-refractivity contribution in [3.05, 3.63) is 197 Å². The van der Waals surface area contributed by atoms with Crippen LogP contribution < -0.4 is 0 Å². The Bertz CT molecular complexity index is 2780. The SMILES string of the molecule is Clc1ccc(-c2cc(-c3ccc(Cl)cc3)nc(C3CCc4ccccc4-c4ccc(-c5ccc6c(c5)c5ccccc5n6-c5ccccc5)cc43)n2)cc1. The van der Waals surface area contributed by atoms with E-state index in [-0.39, 0.29) is 5.92 Å². The molecule has 10 rings (SSSR count). The first kappa shape index (κ1) is 32.6. The van der Waals surface area contributed by atoms with E-state index in [0.29, 0.717) is 10.0 Å². The minimum atomic E-state index is -0.0469. The van der Waals surface area contributed by atoms with Crippen molar-refractivity contribution in [2.75, 3.05) is 0 Å². The van der Waals surface area contributed by atoms with Gasteiger partial charge in [-0.15, -0.1) is 0 Å². The summed E-state index contributed by atoms with van der Waals surface area (Å²) < 4.78 is 2.36. The summed E-state index contributed by atoms with van der Waals surface area (Å²) in [5.41, 5.74) is 14.7. The topological polar surface area (TPSA) is 30.7 Å². The van der Waals surface area contributed by atoms with Crippen molar-refractivity contribution in [2.45, 2.75) is 18.8 Å². The molecular formula is C49H33Cl2N3. The fourth-order valence-corrected chi connectivity index (χ4v) is 8.42. The maximum atomic E-state index is 6.32. The number of aryl methyl sites for hydroxylation is 1. The molecule has 9 aromatic rings. The molecule has 54 heavy (non-hydrogen) atoms. The maximum Gasteiger partial charge on any atom is 0.137 e. The van der Waals surface area contributed by atoms with Crippen LogP contribution in [-0.2, 0) is 6.42 Å². The Morgan fingerprint density at radius 2 is 1.07 bits per heavy atom. The molecule has 0 fully saturated rings. The van der Waals surface area contributed by atoms with E-state index in [1.54, 1.807) is 0 Å². The first-order valence-electron chi connectivity index (χ1n) is 18.3. The van der Waals surface area contributed by atoms with Crippen LogP contribution in [0.1, 0.15) is 29.3 Å². The Balaban J connectivity index is 1.16. The largest absolute Gasteiger partial charge is 0.309 e. The summed E-state index contributed by atoms with van der Waals surface area (Å²) in [4.78, 5) is 10.7. The van der Waals surface area contributed by atoms with Gasteiger partial charge >= 0.3 is 0 Å². The fourth-order valence-electron chi connectivity index (χ4n) is 8.17. The quantitative estimate of drug-likeness (QED) is 0.176. The van der Waals surface area contributed by atoms with Crippen LogP contribution in [0.4, 0.5) is 0 Å². The zero-order valence-electron chi connectivity index (χ0n) is 29.3. The first-order chi connectivity index (χ1) is 26.6. The van der Waals surface area contributed by atoms with Crippen LogP contribution in [0.5, 0.6) is 0 Å². The molecule has 7 aromatic carbocycles. The zero-order chi connectivity index (χ0) is 36.2. The molecule has 0 bridgehead atoms. The van der Waals surface area contributed by atoms with Gasteiger partial charge in [-0.1, -0.05) is 126 Å². The normalized spacial score (nSPS) is 13.8. The molecule has 0 saturated carbocycles. The van der Waals surface area contributed by atoms with E-state index in [0.717, 1.165) is 46.9 Å². The Morgan fingerprint density at radius 1 is 0.481 bits per heavy atom. The van der Waals surface area contributed by atoms with E-state index in [4.69, 9.17) is 33.2 Å². The van der Waals surface area contributed by atoms with Crippen molar-refractivity contribution >= 4 is 45.0 Å². The second-order valence-corrected chi connectivity index (χ2v) is 14.9. The van der Waals surface area contributed by atoms with Crippen LogP contribution in [0.3, 0.4) is 0 Å². The molecule has 258 valence electrons. The molecule has 1 aliphatic carbocycles. The van der Waals surface area contributed by atoms with Crippen LogP contribution in [0.2, 0.25) is 10.0 Å².